The number of benzene rings is 2. The summed E-state index contributed by atoms with van der Waals surface area (Å²) in [6.45, 7) is 4.04. The Kier molecular flexibility index (Phi) is 6.50. The second kappa shape index (κ2) is 9.64. The van der Waals surface area contributed by atoms with Gasteiger partial charge in [-0.05, 0) is 55.7 Å². The van der Waals surface area contributed by atoms with Crippen LogP contribution in [0.25, 0.3) is 11.0 Å². The first-order valence-corrected chi connectivity index (χ1v) is 10.8. The van der Waals surface area contributed by atoms with E-state index in [1.165, 1.54) is 0 Å². The third-order valence-electron chi connectivity index (χ3n) is 5.41. The van der Waals surface area contributed by atoms with E-state index in [9.17, 15) is 4.79 Å². The number of hydrogen-bond acceptors (Lipinski definition) is 6. The number of carbonyl (C=O) groups excluding carboxylic acids is 1. The largest absolute Gasteiger partial charge is 0.497 e. The molecule has 1 aliphatic rings. The molecule has 1 N–H and O–H groups in total. The predicted octanol–water partition coefficient (Wildman–Crippen LogP) is 4.28. The van der Waals surface area contributed by atoms with Crippen LogP contribution in [-0.2, 0) is 4.79 Å². The van der Waals surface area contributed by atoms with Gasteiger partial charge in [0, 0.05) is 18.8 Å². The number of methoxy groups -OCH3 is 1. The van der Waals surface area contributed by atoms with Crippen molar-refractivity contribution in [1.82, 2.24) is 9.97 Å². The fourth-order valence-corrected chi connectivity index (χ4v) is 3.78. The van der Waals surface area contributed by atoms with Crippen LogP contribution >= 0.6 is 0 Å². The number of fused-ring (bicyclic) bond motifs is 1. The molecule has 1 fully saturated rings. The van der Waals surface area contributed by atoms with Gasteiger partial charge in [-0.2, -0.15) is 0 Å². The lowest BCUT2D eigenvalue weighted by Crippen LogP contribution is -2.41. The van der Waals surface area contributed by atoms with Gasteiger partial charge in [0.1, 0.15) is 5.75 Å². The number of amides is 1. The van der Waals surface area contributed by atoms with Crippen LogP contribution in [0.5, 0.6) is 11.6 Å². The zero-order chi connectivity index (χ0) is 21.6. The van der Waals surface area contributed by atoms with E-state index in [1.54, 1.807) is 7.11 Å². The summed E-state index contributed by atoms with van der Waals surface area (Å²) in [5.41, 5.74) is 2.40. The monoisotopic (exact) mass is 420 g/mol. The fraction of sp³-hybridized carbons (Fsp3) is 0.375. The van der Waals surface area contributed by atoms with Crippen molar-refractivity contribution in [3.05, 3.63) is 48.5 Å². The van der Waals surface area contributed by atoms with E-state index in [-0.39, 0.29) is 11.8 Å². The molecule has 0 unspecified atom stereocenters. The van der Waals surface area contributed by atoms with Gasteiger partial charge in [-0.3, -0.25) is 4.79 Å². The van der Waals surface area contributed by atoms with E-state index in [0.717, 1.165) is 48.3 Å². The molecule has 2 aromatic carbocycles. The highest BCUT2D eigenvalue weighted by atomic mass is 16.5. The van der Waals surface area contributed by atoms with E-state index >= 15 is 0 Å². The van der Waals surface area contributed by atoms with Crippen molar-refractivity contribution in [2.45, 2.75) is 26.2 Å². The predicted molar refractivity (Wildman–Crippen MR) is 122 cm³/mol. The van der Waals surface area contributed by atoms with E-state index in [4.69, 9.17) is 19.4 Å². The Bertz CT molecular complexity index is 1040. The number of carbonyl (C=O) groups is 1. The van der Waals surface area contributed by atoms with E-state index in [2.05, 4.69) is 17.1 Å². The first kappa shape index (κ1) is 20.9. The molecule has 7 nitrogen and oxygen atoms in total. The number of ether oxygens (including phenoxy) is 2. The average molecular weight is 421 g/mol. The van der Waals surface area contributed by atoms with Gasteiger partial charge < -0.3 is 19.7 Å². The third-order valence-corrected chi connectivity index (χ3v) is 5.41. The Morgan fingerprint density at radius 2 is 1.87 bits per heavy atom. The highest BCUT2D eigenvalue weighted by Gasteiger charge is 2.29. The molecular weight excluding hydrogens is 392 g/mol. The molecule has 162 valence electrons. The van der Waals surface area contributed by atoms with Gasteiger partial charge in [0.25, 0.3) is 5.88 Å². The number of para-hydroxylation sites is 2. The van der Waals surface area contributed by atoms with E-state index in [1.807, 2.05) is 48.5 Å². The highest BCUT2D eigenvalue weighted by molar-refractivity contribution is 5.93. The van der Waals surface area contributed by atoms with Crippen LogP contribution in [0.3, 0.4) is 0 Å². The third kappa shape index (κ3) is 4.87. The minimum Gasteiger partial charge on any atom is -0.497 e. The molecule has 7 heteroatoms. The van der Waals surface area contributed by atoms with Crippen molar-refractivity contribution in [3.8, 4) is 11.6 Å². The fourth-order valence-electron chi connectivity index (χ4n) is 3.78. The number of anilines is 2. The van der Waals surface area contributed by atoms with E-state index < -0.39 is 0 Å². The molecule has 0 bridgehead atoms. The quantitative estimate of drug-likeness (QED) is 0.615. The summed E-state index contributed by atoms with van der Waals surface area (Å²) in [5, 5.41) is 3.03. The smallest absolute Gasteiger partial charge is 0.258 e. The van der Waals surface area contributed by atoms with Crippen molar-refractivity contribution in [2.24, 2.45) is 5.92 Å². The summed E-state index contributed by atoms with van der Waals surface area (Å²) >= 11 is 0. The zero-order valence-electron chi connectivity index (χ0n) is 18.0. The maximum atomic E-state index is 12.9. The van der Waals surface area contributed by atoms with Crippen LogP contribution < -0.4 is 19.7 Å². The van der Waals surface area contributed by atoms with Gasteiger partial charge in [-0.15, -0.1) is 0 Å². The lowest BCUT2D eigenvalue weighted by Gasteiger charge is -2.33. The maximum absolute atomic E-state index is 12.9. The minimum absolute atomic E-state index is 0.0136. The topological polar surface area (TPSA) is 76.6 Å². The molecule has 0 saturated carbocycles. The molecule has 31 heavy (non-hydrogen) atoms. The number of rotatable bonds is 7. The van der Waals surface area contributed by atoms with Gasteiger partial charge in [0.15, 0.2) is 5.82 Å². The maximum Gasteiger partial charge on any atom is 0.258 e. The summed E-state index contributed by atoms with van der Waals surface area (Å²) in [4.78, 5) is 24.6. The summed E-state index contributed by atoms with van der Waals surface area (Å²) in [7, 11) is 1.62. The van der Waals surface area contributed by atoms with Crippen molar-refractivity contribution < 1.29 is 14.3 Å². The number of aromatic nitrogens is 2. The molecule has 1 amide bonds. The molecular formula is C24H28N4O3. The van der Waals surface area contributed by atoms with Crippen molar-refractivity contribution >= 4 is 28.4 Å². The number of nitrogens with zero attached hydrogens (tertiary/aromatic N) is 3. The van der Waals surface area contributed by atoms with Crippen LogP contribution in [0.15, 0.2) is 48.5 Å². The lowest BCUT2D eigenvalue weighted by molar-refractivity contribution is -0.120. The second-order valence-corrected chi connectivity index (χ2v) is 7.69. The Hall–Kier alpha value is -3.35. The summed E-state index contributed by atoms with van der Waals surface area (Å²) in [6.07, 6.45) is 2.63. The Morgan fingerprint density at radius 3 is 2.58 bits per heavy atom. The Balaban J connectivity index is 1.53. The first-order chi connectivity index (χ1) is 15.2. The van der Waals surface area contributed by atoms with Crippen molar-refractivity contribution in [1.29, 1.82) is 0 Å². The van der Waals surface area contributed by atoms with Crippen LogP contribution in [0.1, 0.15) is 26.2 Å². The van der Waals surface area contributed by atoms with Gasteiger partial charge in [-0.1, -0.05) is 19.1 Å². The Labute approximate surface area is 182 Å². The van der Waals surface area contributed by atoms with Crippen LogP contribution in [0.2, 0.25) is 0 Å². The lowest BCUT2D eigenvalue weighted by atomic mass is 9.97. The average Bonchev–Trinajstić information content (AvgIpc) is 2.82. The normalized spacial score (nSPS) is 16.2. The highest BCUT2D eigenvalue weighted by Crippen LogP contribution is 2.31. The molecule has 3 aromatic rings. The number of piperidine rings is 1. The van der Waals surface area contributed by atoms with Crippen LogP contribution in [0, 0.1) is 5.92 Å². The standard InChI is InChI=1S/C24H28N4O3/c1-3-15-31-24-22(26-20-8-4-5-9-21(20)27-24)28-14-6-7-17(16-28)23(29)25-18-10-12-19(30-2)13-11-18/h4-5,8-13,17H,3,6-7,14-16H2,1-2H3,(H,25,29)/t17-/m1/s1. The summed E-state index contributed by atoms with van der Waals surface area (Å²) < 4.78 is 11.1. The molecule has 1 saturated heterocycles. The van der Waals surface area contributed by atoms with Crippen molar-refractivity contribution in [3.63, 3.8) is 0 Å². The summed E-state index contributed by atoms with van der Waals surface area (Å²) in [6, 6.07) is 15.2. The molecule has 1 atom stereocenters. The van der Waals surface area contributed by atoms with Gasteiger partial charge in [0.05, 0.1) is 30.7 Å². The molecule has 0 radical (unpaired) electrons. The van der Waals surface area contributed by atoms with Gasteiger partial charge in [0.2, 0.25) is 5.91 Å². The second-order valence-electron chi connectivity index (χ2n) is 7.69. The summed E-state index contributed by atoms with van der Waals surface area (Å²) in [5.74, 6) is 1.89. The number of hydrogen-bond donors (Lipinski definition) is 1. The molecule has 4 rings (SSSR count). The Morgan fingerprint density at radius 1 is 1.13 bits per heavy atom. The molecule has 0 spiro atoms. The number of nitrogens with one attached hydrogen (secondary N) is 1. The SMILES string of the molecule is CCCOc1nc2ccccc2nc1N1CCC[C@@H](C(=O)Nc2ccc(OC)cc2)C1. The van der Waals surface area contributed by atoms with Crippen molar-refractivity contribution in [2.75, 3.05) is 37.0 Å². The molecule has 1 aliphatic heterocycles. The van der Waals surface area contributed by atoms with Gasteiger partial charge >= 0.3 is 0 Å². The zero-order valence-corrected chi connectivity index (χ0v) is 18.0. The molecule has 0 aliphatic carbocycles. The van der Waals surface area contributed by atoms with Crippen LogP contribution in [0.4, 0.5) is 11.5 Å². The minimum atomic E-state index is -0.136. The molecule has 2 heterocycles. The van der Waals surface area contributed by atoms with E-state index in [0.29, 0.717) is 24.8 Å². The first-order valence-electron chi connectivity index (χ1n) is 10.8. The molecule has 1 aromatic heterocycles. The van der Waals surface area contributed by atoms with Crippen LogP contribution in [-0.4, -0.2) is 42.7 Å². The van der Waals surface area contributed by atoms with Gasteiger partial charge in [-0.25, -0.2) is 9.97 Å².